The maximum atomic E-state index is 16.0. The molecule has 0 spiro atoms. The normalized spacial score (nSPS) is 15.3. The number of nitrogens with zero attached hydrogens (tertiary/aromatic N) is 3. The molecule has 222 valence electrons. The Bertz CT molecular complexity index is 1480. The van der Waals surface area contributed by atoms with Gasteiger partial charge in [-0.25, -0.2) is 32.6 Å². The van der Waals surface area contributed by atoms with Crippen LogP contribution in [-0.4, -0.2) is 54.4 Å². The average Bonchev–Trinajstić information content (AvgIpc) is 3.40. The summed E-state index contributed by atoms with van der Waals surface area (Å²) in [5.41, 5.74) is 0.673. The Kier molecular flexibility index (Phi) is 9.48. The Balaban J connectivity index is 1.68. The van der Waals surface area contributed by atoms with Gasteiger partial charge in [0.1, 0.15) is 0 Å². The number of amides is 1. The smallest absolute Gasteiger partial charge is 0.407 e. The van der Waals surface area contributed by atoms with Gasteiger partial charge in [0.2, 0.25) is 16.0 Å². The predicted octanol–water partition coefficient (Wildman–Crippen LogP) is 5.93. The molecule has 1 fully saturated rings. The van der Waals surface area contributed by atoms with Crippen LogP contribution in [-0.2, 0) is 20.2 Å². The highest BCUT2D eigenvalue weighted by atomic mass is 32.2. The standard InChI is InChI=1S/C28H37FN6O4S2/c1-17(32-27(36)39-5)16-31-26-30-15-14-21(33-26)24-23(34-25(40-24)28(2,3)4)19-12-9-13-20(22(19)29)35-41(37,38)18-10-7-6-8-11-18/h9,12-15,17-18,35H,6-8,10-11,16H2,1-5H3,(H,32,36)(H,30,31,33)/t17-/m0/s1. The molecule has 3 N–H and O–H groups in total. The minimum atomic E-state index is -3.74. The number of alkyl carbamates (subject to hydrolysis) is 1. The summed E-state index contributed by atoms with van der Waals surface area (Å²) in [6.45, 7) is 8.22. The molecule has 1 atom stereocenters. The Morgan fingerprint density at radius 2 is 1.90 bits per heavy atom. The molecule has 0 bridgehead atoms. The summed E-state index contributed by atoms with van der Waals surface area (Å²) in [4.78, 5) is 25.8. The molecule has 4 rings (SSSR count). The topological polar surface area (TPSA) is 135 Å². The van der Waals surface area contributed by atoms with Gasteiger partial charge in [-0.1, -0.05) is 46.1 Å². The number of aromatic nitrogens is 3. The van der Waals surface area contributed by atoms with E-state index >= 15 is 4.39 Å². The molecule has 1 aromatic carbocycles. The van der Waals surface area contributed by atoms with Crippen molar-refractivity contribution in [3.05, 3.63) is 41.3 Å². The summed E-state index contributed by atoms with van der Waals surface area (Å²) in [7, 11) is -2.44. The van der Waals surface area contributed by atoms with Crippen LogP contribution < -0.4 is 15.4 Å². The van der Waals surface area contributed by atoms with Crippen molar-refractivity contribution < 1.29 is 22.3 Å². The number of carbonyl (C=O) groups excluding carboxylic acids is 1. The lowest BCUT2D eigenvalue weighted by molar-refractivity contribution is 0.168. The maximum Gasteiger partial charge on any atom is 0.407 e. The number of hydrogen-bond donors (Lipinski definition) is 3. The number of thiazole rings is 1. The molecule has 2 aromatic heterocycles. The van der Waals surface area contributed by atoms with Crippen molar-refractivity contribution in [2.45, 2.75) is 76.5 Å². The molecule has 2 heterocycles. The highest BCUT2D eigenvalue weighted by Crippen LogP contribution is 2.42. The van der Waals surface area contributed by atoms with E-state index in [9.17, 15) is 13.2 Å². The second kappa shape index (κ2) is 12.7. The quantitative estimate of drug-likeness (QED) is 0.273. The Morgan fingerprint density at radius 3 is 2.59 bits per heavy atom. The largest absolute Gasteiger partial charge is 0.453 e. The van der Waals surface area contributed by atoms with Gasteiger partial charge in [0.05, 0.1) is 39.3 Å². The molecule has 0 aliphatic heterocycles. The first kappa shape index (κ1) is 30.6. The molecular weight excluding hydrogens is 567 g/mol. The third kappa shape index (κ3) is 7.50. The predicted molar refractivity (Wildman–Crippen MR) is 160 cm³/mol. The number of methoxy groups -OCH3 is 1. The zero-order chi connectivity index (χ0) is 29.8. The van der Waals surface area contributed by atoms with Crippen LogP contribution in [0.4, 0.5) is 20.8 Å². The van der Waals surface area contributed by atoms with Crippen LogP contribution in [0.3, 0.4) is 0 Å². The van der Waals surface area contributed by atoms with Gasteiger partial charge in [-0.15, -0.1) is 11.3 Å². The van der Waals surface area contributed by atoms with Crippen molar-refractivity contribution in [3.8, 4) is 21.8 Å². The van der Waals surface area contributed by atoms with E-state index in [1.807, 2.05) is 27.7 Å². The van der Waals surface area contributed by atoms with Crippen LogP contribution in [0, 0.1) is 5.82 Å². The van der Waals surface area contributed by atoms with Gasteiger partial charge >= 0.3 is 6.09 Å². The third-order valence-electron chi connectivity index (χ3n) is 6.77. The minimum Gasteiger partial charge on any atom is -0.453 e. The van der Waals surface area contributed by atoms with Gasteiger partial charge in [0, 0.05) is 29.8 Å². The van der Waals surface area contributed by atoms with Crippen LogP contribution in [0.15, 0.2) is 30.5 Å². The minimum absolute atomic E-state index is 0.0959. The van der Waals surface area contributed by atoms with E-state index in [0.717, 1.165) is 24.3 Å². The van der Waals surface area contributed by atoms with E-state index in [1.165, 1.54) is 24.5 Å². The number of anilines is 2. The van der Waals surface area contributed by atoms with E-state index in [-0.39, 0.29) is 22.7 Å². The molecule has 3 aromatic rings. The molecule has 1 aliphatic rings. The highest BCUT2D eigenvalue weighted by Gasteiger charge is 2.30. The lowest BCUT2D eigenvalue weighted by Gasteiger charge is -2.22. The molecule has 10 nitrogen and oxygen atoms in total. The van der Waals surface area contributed by atoms with Crippen LogP contribution in [0.5, 0.6) is 0 Å². The summed E-state index contributed by atoms with van der Waals surface area (Å²) in [5.74, 6) is -0.360. The summed E-state index contributed by atoms with van der Waals surface area (Å²) in [5, 5.41) is 6.01. The van der Waals surface area contributed by atoms with Crippen molar-refractivity contribution in [1.82, 2.24) is 20.3 Å². The van der Waals surface area contributed by atoms with Crippen molar-refractivity contribution >= 4 is 39.1 Å². The molecule has 1 saturated carbocycles. The molecule has 0 saturated heterocycles. The zero-order valence-corrected chi connectivity index (χ0v) is 25.6. The lowest BCUT2D eigenvalue weighted by atomic mass is 9.98. The molecule has 1 aliphatic carbocycles. The third-order valence-corrected chi connectivity index (χ3v) is 10.1. The van der Waals surface area contributed by atoms with Crippen LogP contribution in [0.2, 0.25) is 0 Å². The van der Waals surface area contributed by atoms with Crippen LogP contribution >= 0.6 is 11.3 Å². The zero-order valence-electron chi connectivity index (χ0n) is 24.0. The highest BCUT2D eigenvalue weighted by molar-refractivity contribution is 7.93. The number of hydrogen-bond acceptors (Lipinski definition) is 9. The molecule has 41 heavy (non-hydrogen) atoms. The van der Waals surface area contributed by atoms with Gasteiger partial charge in [-0.3, -0.25) is 4.72 Å². The van der Waals surface area contributed by atoms with E-state index in [2.05, 4.69) is 30.1 Å². The lowest BCUT2D eigenvalue weighted by Crippen LogP contribution is -2.37. The Morgan fingerprint density at radius 1 is 1.17 bits per heavy atom. The average molecular weight is 605 g/mol. The first-order chi connectivity index (χ1) is 19.4. The van der Waals surface area contributed by atoms with Gasteiger partial charge in [-0.05, 0) is 38.0 Å². The van der Waals surface area contributed by atoms with E-state index in [1.54, 1.807) is 24.4 Å². The summed E-state index contributed by atoms with van der Waals surface area (Å²) < 4.78 is 49.3. The number of halogens is 1. The maximum absolute atomic E-state index is 16.0. The number of carbonyl (C=O) groups is 1. The number of benzene rings is 1. The fraction of sp³-hybridized carbons (Fsp3) is 0.500. The van der Waals surface area contributed by atoms with Crippen molar-refractivity contribution in [2.24, 2.45) is 0 Å². The molecule has 0 unspecified atom stereocenters. The number of sulfonamides is 1. The molecule has 1 amide bonds. The molecule has 0 radical (unpaired) electrons. The van der Waals surface area contributed by atoms with E-state index in [0.29, 0.717) is 41.6 Å². The van der Waals surface area contributed by atoms with Gasteiger partial charge in [0.15, 0.2) is 5.82 Å². The van der Waals surface area contributed by atoms with E-state index in [4.69, 9.17) is 4.98 Å². The van der Waals surface area contributed by atoms with Crippen molar-refractivity contribution in [3.63, 3.8) is 0 Å². The molecule has 13 heteroatoms. The summed E-state index contributed by atoms with van der Waals surface area (Å²) in [6.07, 6.45) is 4.91. The second-order valence-electron chi connectivity index (χ2n) is 11.2. The van der Waals surface area contributed by atoms with Crippen molar-refractivity contribution in [2.75, 3.05) is 23.7 Å². The van der Waals surface area contributed by atoms with E-state index < -0.39 is 27.2 Å². The van der Waals surface area contributed by atoms with Gasteiger partial charge in [-0.2, -0.15) is 0 Å². The SMILES string of the molecule is COC(=O)N[C@@H](C)CNc1nccc(-c2sc(C(C)(C)C)nc2-c2cccc(NS(=O)(=O)C3CCCCC3)c2F)n1. The Hall–Kier alpha value is -3.32. The van der Waals surface area contributed by atoms with Gasteiger partial charge < -0.3 is 15.4 Å². The Labute approximate surface area is 244 Å². The van der Waals surface area contributed by atoms with Crippen molar-refractivity contribution in [1.29, 1.82) is 0 Å². The number of ether oxygens (including phenoxy) is 1. The number of rotatable bonds is 9. The second-order valence-corrected chi connectivity index (χ2v) is 14.2. The fourth-order valence-electron chi connectivity index (χ4n) is 4.53. The summed E-state index contributed by atoms with van der Waals surface area (Å²) in [6, 6.07) is 6.12. The van der Waals surface area contributed by atoms with Crippen LogP contribution in [0.1, 0.15) is 64.8 Å². The first-order valence-corrected chi connectivity index (χ1v) is 16.0. The number of nitrogens with one attached hydrogen (secondary N) is 3. The monoisotopic (exact) mass is 604 g/mol. The summed E-state index contributed by atoms with van der Waals surface area (Å²) >= 11 is 1.40. The molecular formula is C28H37FN6O4S2. The van der Waals surface area contributed by atoms with Crippen LogP contribution in [0.25, 0.3) is 21.8 Å². The fourth-order valence-corrected chi connectivity index (χ4v) is 7.22. The first-order valence-electron chi connectivity index (χ1n) is 13.6. The van der Waals surface area contributed by atoms with Gasteiger partial charge in [0.25, 0.3) is 0 Å².